The molecule has 5 nitrogen and oxygen atoms in total. The summed E-state index contributed by atoms with van der Waals surface area (Å²) in [5.74, 6) is 0.363. The molecule has 1 amide bonds. The van der Waals surface area contributed by atoms with E-state index in [-0.39, 0.29) is 29.2 Å². The third kappa shape index (κ3) is 2.60. The van der Waals surface area contributed by atoms with Crippen LogP contribution < -0.4 is 10.6 Å². The highest BCUT2D eigenvalue weighted by atomic mass is 35.5. The Bertz CT molecular complexity index is 519. The number of hydrogen-bond acceptors (Lipinski definition) is 4. The number of methoxy groups -OCH3 is 1. The van der Waals surface area contributed by atoms with Crippen LogP contribution in [-0.4, -0.2) is 37.2 Å². The summed E-state index contributed by atoms with van der Waals surface area (Å²) in [7, 11) is 3.44. The van der Waals surface area contributed by atoms with Gasteiger partial charge in [0.2, 0.25) is 0 Å². The molecule has 2 N–H and O–H groups in total. The Labute approximate surface area is 124 Å². The topological polar surface area (TPSA) is 63.2 Å². The first-order chi connectivity index (χ1) is 9.40. The van der Waals surface area contributed by atoms with E-state index in [1.54, 1.807) is 26.3 Å². The Hall–Kier alpha value is -1.33. The van der Waals surface area contributed by atoms with Crippen LogP contribution in [0.1, 0.15) is 30.8 Å². The van der Waals surface area contributed by atoms with Crippen LogP contribution >= 0.6 is 11.6 Å². The molecule has 1 saturated carbocycles. The van der Waals surface area contributed by atoms with Crippen molar-refractivity contribution in [3.05, 3.63) is 22.8 Å². The first kappa shape index (κ1) is 15.1. The fourth-order valence-corrected chi connectivity index (χ4v) is 2.69. The van der Waals surface area contributed by atoms with Crippen molar-refractivity contribution in [1.82, 2.24) is 10.3 Å². The van der Waals surface area contributed by atoms with E-state index < -0.39 is 0 Å². The van der Waals surface area contributed by atoms with Gasteiger partial charge in [-0.05, 0) is 18.6 Å². The smallest absolute Gasteiger partial charge is 0.271 e. The normalized spacial score (nSPS) is 23.9. The molecule has 1 aromatic rings. The van der Waals surface area contributed by atoms with E-state index in [1.807, 2.05) is 0 Å². The molecule has 0 spiro atoms. The number of nitrogens with zero attached hydrogens (tertiary/aromatic N) is 1. The Morgan fingerprint density at radius 2 is 2.20 bits per heavy atom. The zero-order chi connectivity index (χ0) is 14.9. The van der Waals surface area contributed by atoms with E-state index in [0.717, 1.165) is 6.42 Å². The van der Waals surface area contributed by atoms with Crippen molar-refractivity contribution in [2.24, 2.45) is 5.41 Å². The molecular weight excluding hydrogens is 278 g/mol. The van der Waals surface area contributed by atoms with Crippen LogP contribution in [0.2, 0.25) is 5.02 Å². The van der Waals surface area contributed by atoms with Gasteiger partial charge in [0.05, 0.1) is 11.1 Å². The second-order valence-electron chi connectivity index (χ2n) is 5.58. The quantitative estimate of drug-likeness (QED) is 0.895. The summed E-state index contributed by atoms with van der Waals surface area (Å²) < 4.78 is 5.38. The molecule has 1 aliphatic carbocycles. The Morgan fingerprint density at radius 3 is 2.75 bits per heavy atom. The second kappa shape index (κ2) is 5.58. The van der Waals surface area contributed by atoms with Gasteiger partial charge in [-0.3, -0.25) is 4.79 Å². The summed E-state index contributed by atoms with van der Waals surface area (Å²) >= 11 is 6.04. The van der Waals surface area contributed by atoms with E-state index in [1.165, 1.54) is 0 Å². The average Bonchev–Trinajstić information content (AvgIpc) is 2.43. The number of aromatic nitrogens is 1. The zero-order valence-electron chi connectivity index (χ0n) is 12.2. The monoisotopic (exact) mass is 297 g/mol. The molecule has 0 aromatic carbocycles. The maximum absolute atomic E-state index is 12.3. The maximum atomic E-state index is 12.3. The van der Waals surface area contributed by atoms with Gasteiger partial charge in [0.25, 0.3) is 5.91 Å². The second-order valence-corrected chi connectivity index (χ2v) is 5.99. The van der Waals surface area contributed by atoms with Gasteiger partial charge in [-0.1, -0.05) is 25.4 Å². The minimum Gasteiger partial charge on any atom is -0.381 e. The third-order valence-corrected chi connectivity index (χ3v) is 4.39. The largest absolute Gasteiger partial charge is 0.381 e. The molecule has 2 rings (SSSR count). The number of pyridine rings is 1. The van der Waals surface area contributed by atoms with Gasteiger partial charge in [-0.2, -0.15) is 0 Å². The molecule has 2 atom stereocenters. The maximum Gasteiger partial charge on any atom is 0.271 e. The first-order valence-electron chi connectivity index (χ1n) is 6.58. The number of halogens is 1. The summed E-state index contributed by atoms with van der Waals surface area (Å²) in [5.41, 5.74) is 0.160. The highest BCUT2D eigenvalue weighted by molar-refractivity contribution is 6.33. The molecule has 1 heterocycles. The molecule has 110 valence electrons. The predicted octanol–water partition coefficient (Wildman–Crippen LogP) is 2.32. The molecule has 0 bridgehead atoms. The fourth-order valence-electron chi connectivity index (χ4n) is 2.50. The van der Waals surface area contributed by atoms with Crippen LogP contribution in [-0.2, 0) is 4.74 Å². The van der Waals surface area contributed by atoms with Crippen LogP contribution in [0, 0.1) is 5.41 Å². The minimum absolute atomic E-state index is 0.0658. The van der Waals surface area contributed by atoms with E-state index in [0.29, 0.717) is 10.8 Å². The highest BCUT2D eigenvalue weighted by Crippen LogP contribution is 2.42. The lowest BCUT2D eigenvalue weighted by Crippen LogP contribution is -2.61. The van der Waals surface area contributed by atoms with Crippen molar-refractivity contribution >= 4 is 23.3 Å². The molecule has 6 heteroatoms. The van der Waals surface area contributed by atoms with Gasteiger partial charge >= 0.3 is 0 Å². The fraction of sp³-hybridized carbons (Fsp3) is 0.571. The van der Waals surface area contributed by atoms with Gasteiger partial charge in [0, 0.05) is 25.6 Å². The average molecular weight is 298 g/mol. The summed E-state index contributed by atoms with van der Waals surface area (Å²) in [6.07, 6.45) is 0.971. The van der Waals surface area contributed by atoms with Crippen molar-refractivity contribution in [2.75, 3.05) is 19.5 Å². The van der Waals surface area contributed by atoms with Crippen LogP contribution in [0.25, 0.3) is 0 Å². The van der Waals surface area contributed by atoms with Crippen LogP contribution in [0.5, 0.6) is 0 Å². The van der Waals surface area contributed by atoms with Crippen LogP contribution in [0.4, 0.5) is 5.82 Å². The lowest BCUT2D eigenvalue weighted by molar-refractivity contribution is -0.0942. The molecule has 1 fully saturated rings. The number of carbonyl (C=O) groups is 1. The van der Waals surface area contributed by atoms with E-state index in [9.17, 15) is 4.79 Å². The Kier molecular flexibility index (Phi) is 4.20. The van der Waals surface area contributed by atoms with Crippen molar-refractivity contribution in [1.29, 1.82) is 0 Å². The van der Waals surface area contributed by atoms with Crippen LogP contribution in [0.15, 0.2) is 12.1 Å². The Balaban J connectivity index is 2.10. The molecular formula is C14H20ClN3O2. The highest BCUT2D eigenvalue weighted by Gasteiger charge is 2.49. The van der Waals surface area contributed by atoms with E-state index >= 15 is 0 Å². The van der Waals surface area contributed by atoms with Crippen molar-refractivity contribution < 1.29 is 9.53 Å². The summed E-state index contributed by atoms with van der Waals surface area (Å²) in [4.78, 5) is 16.5. The predicted molar refractivity (Wildman–Crippen MR) is 79.2 cm³/mol. The minimum atomic E-state index is -0.250. The molecule has 1 aliphatic rings. The van der Waals surface area contributed by atoms with Gasteiger partial charge in [0.1, 0.15) is 11.5 Å². The number of carbonyl (C=O) groups excluding carboxylic acids is 1. The van der Waals surface area contributed by atoms with Crippen LogP contribution in [0.3, 0.4) is 0 Å². The van der Waals surface area contributed by atoms with E-state index in [4.69, 9.17) is 16.3 Å². The van der Waals surface area contributed by atoms with Gasteiger partial charge < -0.3 is 15.4 Å². The molecule has 2 unspecified atom stereocenters. The SMILES string of the molecule is CNc1ccc(Cl)c(C(=O)NC2CC(OC)C2(C)C)n1. The standard InChI is InChI=1S/C14H20ClN3O2/c1-14(2)9(7-10(14)20-4)17-13(19)12-8(15)5-6-11(16-3)18-12/h5-6,9-10H,7H2,1-4H3,(H,16,18)(H,17,19). The van der Waals surface area contributed by atoms with Gasteiger partial charge in [0.15, 0.2) is 0 Å². The Morgan fingerprint density at radius 1 is 1.50 bits per heavy atom. The lowest BCUT2D eigenvalue weighted by Gasteiger charge is -2.51. The molecule has 20 heavy (non-hydrogen) atoms. The lowest BCUT2D eigenvalue weighted by atomic mass is 9.64. The molecule has 0 aliphatic heterocycles. The molecule has 1 aromatic heterocycles. The zero-order valence-corrected chi connectivity index (χ0v) is 12.9. The number of nitrogens with one attached hydrogen (secondary N) is 2. The summed E-state index contributed by atoms with van der Waals surface area (Å²) in [5, 5.41) is 6.23. The number of ether oxygens (including phenoxy) is 1. The molecule has 0 radical (unpaired) electrons. The number of amides is 1. The summed E-state index contributed by atoms with van der Waals surface area (Å²) in [6.45, 7) is 4.16. The van der Waals surface area contributed by atoms with Crippen molar-refractivity contribution in [2.45, 2.75) is 32.4 Å². The van der Waals surface area contributed by atoms with Gasteiger partial charge in [-0.25, -0.2) is 4.98 Å². The first-order valence-corrected chi connectivity index (χ1v) is 6.96. The van der Waals surface area contributed by atoms with Crippen molar-refractivity contribution in [3.63, 3.8) is 0 Å². The number of hydrogen-bond donors (Lipinski definition) is 2. The summed E-state index contributed by atoms with van der Waals surface area (Å²) in [6, 6.07) is 3.46. The number of rotatable bonds is 4. The van der Waals surface area contributed by atoms with E-state index in [2.05, 4.69) is 29.5 Å². The van der Waals surface area contributed by atoms with Crippen molar-refractivity contribution in [3.8, 4) is 0 Å². The number of anilines is 1. The van der Waals surface area contributed by atoms with Gasteiger partial charge in [-0.15, -0.1) is 0 Å². The molecule has 0 saturated heterocycles. The third-order valence-electron chi connectivity index (χ3n) is 4.08.